The third-order valence-electron chi connectivity index (χ3n) is 5.55. The minimum atomic E-state index is -4.48. The number of nitrogens with one attached hydrogen (secondary N) is 1. The van der Waals surface area contributed by atoms with E-state index in [0.717, 1.165) is 33.8 Å². The summed E-state index contributed by atoms with van der Waals surface area (Å²) < 4.78 is 40.3. The first-order valence-corrected chi connectivity index (χ1v) is 10.6. The molecule has 5 rings (SSSR count). The Morgan fingerprint density at radius 1 is 0.765 bits per heavy atom. The predicted octanol–water partition coefficient (Wildman–Crippen LogP) is 6.99. The van der Waals surface area contributed by atoms with Crippen molar-refractivity contribution in [1.29, 1.82) is 0 Å². The summed E-state index contributed by atoms with van der Waals surface area (Å²) in [6.07, 6.45) is 0.617. The number of halogens is 3. The van der Waals surface area contributed by atoms with Gasteiger partial charge >= 0.3 is 6.18 Å². The number of pyridine rings is 1. The molecule has 0 aliphatic rings. The average Bonchev–Trinajstić information content (AvgIpc) is 2.87. The Labute approximate surface area is 194 Å². The number of benzene rings is 3. The maximum Gasteiger partial charge on any atom is 0.417 e. The topological polar surface area (TPSA) is 50.7 Å². The van der Waals surface area contributed by atoms with Crippen LogP contribution in [0.3, 0.4) is 0 Å². The van der Waals surface area contributed by atoms with Crippen LogP contribution in [0.4, 0.5) is 18.9 Å². The Kier molecular flexibility index (Phi) is 5.67. The number of hydrogen-bond acceptors (Lipinski definition) is 4. The number of anilines is 1. The molecule has 0 radical (unpaired) electrons. The van der Waals surface area contributed by atoms with Crippen LogP contribution in [0.5, 0.6) is 0 Å². The molecule has 0 unspecified atom stereocenters. The van der Waals surface area contributed by atoms with E-state index < -0.39 is 11.7 Å². The Morgan fingerprint density at radius 3 is 2.26 bits per heavy atom. The van der Waals surface area contributed by atoms with Gasteiger partial charge in [-0.3, -0.25) is 4.98 Å². The van der Waals surface area contributed by atoms with Crippen LogP contribution in [0, 0.1) is 0 Å². The molecule has 0 aliphatic carbocycles. The number of alkyl halides is 3. The highest BCUT2D eigenvalue weighted by atomic mass is 19.4. The van der Waals surface area contributed by atoms with E-state index in [-0.39, 0.29) is 11.4 Å². The molecule has 0 aliphatic heterocycles. The second-order valence-electron chi connectivity index (χ2n) is 7.76. The lowest BCUT2D eigenvalue weighted by Gasteiger charge is -2.13. The molecule has 0 spiro atoms. The first kappa shape index (κ1) is 21.6. The van der Waals surface area contributed by atoms with Crippen LogP contribution in [0.25, 0.3) is 33.4 Å². The summed E-state index contributed by atoms with van der Waals surface area (Å²) in [6.45, 7) is 0.578. The Hall–Kier alpha value is -4.26. The molecule has 0 amide bonds. The van der Waals surface area contributed by atoms with Crippen LogP contribution in [-0.4, -0.2) is 15.0 Å². The van der Waals surface area contributed by atoms with Gasteiger partial charge in [0.15, 0.2) is 5.82 Å². The molecule has 7 heteroatoms. The van der Waals surface area contributed by atoms with Crippen molar-refractivity contribution < 1.29 is 13.2 Å². The fourth-order valence-electron chi connectivity index (χ4n) is 3.82. The molecule has 0 atom stereocenters. The van der Waals surface area contributed by atoms with Gasteiger partial charge < -0.3 is 5.32 Å². The van der Waals surface area contributed by atoms with Gasteiger partial charge in [0.05, 0.1) is 11.1 Å². The van der Waals surface area contributed by atoms with Crippen molar-refractivity contribution >= 4 is 16.6 Å². The lowest BCUT2D eigenvalue weighted by molar-refractivity contribution is -0.137. The second kappa shape index (κ2) is 8.94. The minimum absolute atomic E-state index is 0.0375. The van der Waals surface area contributed by atoms with Crippen molar-refractivity contribution in [1.82, 2.24) is 15.0 Å². The Balaban J connectivity index is 1.39. The summed E-state index contributed by atoms with van der Waals surface area (Å²) in [7, 11) is 0. The molecule has 0 saturated heterocycles. The van der Waals surface area contributed by atoms with Crippen molar-refractivity contribution in [2.24, 2.45) is 0 Å². The monoisotopic (exact) mass is 456 g/mol. The van der Waals surface area contributed by atoms with Crippen LogP contribution in [0.15, 0.2) is 97.5 Å². The lowest BCUT2D eigenvalue weighted by atomic mass is 10.1. The first-order valence-electron chi connectivity index (χ1n) is 10.6. The summed E-state index contributed by atoms with van der Waals surface area (Å²) in [5, 5.41) is 4.13. The number of aromatic nitrogens is 3. The van der Waals surface area contributed by atoms with Crippen molar-refractivity contribution in [2.75, 3.05) is 5.32 Å². The van der Waals surface area contributed by atoms with E-state index in [1.54, 1.807) is 30.7 Å². The second-order valence-corrected chi connectivity index (χ2v) is 7.76. The van der Waals surface area contributed by atoms with Crippen molar-refractivity contribution in [3.63, 3.8) is 0 Å². The largest absolute Gasteiger partial charge is 0.417 e. The maximum atomic E-state index is 13.4. The molecular formula is C27H19F3N4. The normalized spacial score (nSPS) is 11.5. The molecule has 2 aromatic heterocycles. The molecule has 0 fully saturated rings. The molecule has 5 aromatic rings. The zero-order valence-electron chi connectivity index (χ0n) is 17.9. The van der Waals surface area contributed by atoms with E-state index in [2.05, 4.69) is 44.5 Å². The minimum Gasteiger partial charge on any atom is -0.380 e. The van der Waals surface area contributed by atoms with Crippen molar-refractivity contribution in [3.05, 3.63) is 109 Å². The highest BCUT2D eigenvalue weighted by Crippen LogP contribution is 2.36. The molecule has 0 bridgehead atoms. The highest BCUT2D eigenvalue weighted by Gasteiger charge is 2.34. The fourth-order valence-corrected chi connectivity index (χ4v) is 3.82. The highest BCUT2D eigenvalue weighted by molar-refractivity contribution is 5.91. The summed E-state index contributed by atoms with van der Waals surface area (Å²) >= 11 is 0. The smallest absolute Gasteiger partial charge is 0.380 e. The van der Waals surface area contributed by atoms with Crippen LogP contribution < -0.4 is 5.32 Å². The number of nitrogens with zero attached hydrogens (tertiary/aromatic N) is 3. The van der Waals surface area contributed by atoms with Crippen LogP contribution >= 0.6 is 0 Å². The average molecular weight is 456 g/mol. The van der Waals surface area contributed by atoms with Gasteiger partial charge in [0.1, 0.15) is 0 Å². The lowest BCUT2D eigenvalue weighted by Crippen LogP contribution is -2.08. The number of rotatable bonds is 5. The quantitative estimate of drug-likeness (QED) is 0.310. The molecule has 4 nitrogen and oxygen atoms in total. The number of fused-ring (bicyclic) bond motifs is 1. The maximum absolute atomic E-state index is 13.4. The van der Waals surface area contributed by atoms with Gasteiger partial charge in [0.25, 0.3) is 0 Å². The molecule has 3 aromatic carbocycles. The van der Waals surface area contributed by atoms with E-state index in [9.17, 15) is 13.2 Å². The third-order valence-corrected chi connectivity index (χ3v) is 5.55. The summed E-state index contributed by atoms with van der Waals surface area (Å²) in [6, 6.07) is 23.0. The van der Waals surface area contributed by atoms with E-state index >= 15 is 0 Å². The Morgan fingerprint density at radius 2 is 1.50 bits per heavy atom. The number of hydrogen-bond donors (Lipinski definition) is 1. The van der Waals surface area contributed by atoms with Gasteiger partial charge in [0.2, 0.25) is 0 Å². The van der Waals surface area contributed by atoms with E-state index in [4.69, 9.17) is 0 Å². The fraction of sp³-hybridized carbons (Fsp3) is 0.0741. The molecule has 168 valence electrons. The van der Waals surface area contributed by atoms with E-state index in [1.165, 1.54) is 12.1 Å². The molecule has 0 saturated carbocycles. The zero-order chi connectivity index (χ0) is 23.5. The van der Waals surface area contributed by atoms with Gasteiger partial charge in [-0.2, -0.15) is 13.2 Å². The van der Waals surface area contributed by atoms with Crippen LogP contribution in [0.2, 0.25) is 0 Å². The summed E-state index contributed by atoms with van der Waals surface area (Å²) in [5.41, 5.74) is 3.89. The van der Waals surface area contributed by atoms with Gasteiger partial charge in [-0.1, -0.05) is 48.5 Å². The SMILES string of the molecule is FC(F)(F)c1ccccc1-c1ncc2c(NCc3ccc(-c4ccncc4)cc3)cccc2n1. The predicted molar refractivity (Wildman–Crippen MR) is 127 cm³/mol. The van der Waals surface area contributed by atoms with Crippen molar-refractivity contribution in [3.8, 4) is 22.5 Å². The Bertz CT molecular complexity index is 1430. The first-order chi connectivity index (χ1) is 16.5. The zero-order valence-corrected chi connectivity index (χ0v) is 17.9. The van der Waals surface area contributed by atoms with E-state index in [0.29, 0.717) is 12.1 Å². The van der Waals surface area contributed by atoms with Gasteiger partial charge in [0, 0.05) is 41.8 Å². The van der Waals surface area contributed by atoms with E-state index in [1.807, 2.05) is 24.3 Å². The molecule has 2 heterocycles. The molecular weight excluding hydrogens is 437 g/mol. The molecule has 34 heavy (non-hydrogen) atoms. The summed E-state index contributed by atoms with van der Waals surface area (Å²) in [5.74, 6) is 0.0456. The van der Waals surface area contributed by atoms with Gasteiger partial charge in [-0.25, -0.2) is 9.97 Å². The van der Waals surface area contributed by atoms with Crippen LogP contribution in [-0.2, 0) is 12.7 Å². The van der Waals surface area contributed by atoms with Crippen molar-refractivity contribution in [2.45, 2.75) is 12.7 Å². The third kappa shape index (κ3) is 4.45. The van der Waals surface area contributed by atoms with Gasteiger partial charge in [-0.15, -0.1) is 0 Å². The summed E-state index contributed by atoms with van der Waals surface area (Å²) in [4.78, 5) is 12.7. The van der Waals surface area contributed by atoms with Crippen LogP contribution in [0.1, 0.15) is 11.1 Å². The van der Waals surface area contributed by atoms with Gasteiger partial charge in [-0.05, 0) is 47.0 Å². The standard InChI is InChI=1S/C27H19F3N4/c28-27(29,30)23-5-2-1-4-21(23)26-33-17-22-24(6-3-7-25(22)34-26)32-16-18-8-10-19(11-9-18)20-12-14-31-15-13-20/h1-15,17,32H,16H2. The molecule has 1 N–H and O–H groups in total.